The zero-order chi connectivity index (χ0) is 22.8. The Morgan fingerprint density at radius 3 is 2.76 bits per heavy atom. The number of benzene rings is 2. The molecule has 4 aromatic rings. The second-order valence-corrected chi connectivity index (χ2v) is 9.84. The van der Waals surface area contributed by atoms with Gasteiger partial charge >= 0.3 is 0 Å². The normalized spacial score (nSPS) is 13.1. The molecule has 0 unspecified atom stereocenters. The van der Waals surface area contributed by atoms with Crippen molar-refractivity contribution in [3.63, 3.8) is 0 Å². The molecule has 0 bridgehead atoms. The van der Waals surface area contributed by atoms with Crippen LogP contribution in [-0.4, -0.2) is 45.0 Å². The van der Waals surface area contributed by atoms with E-state index in [-0.39, 0.29) is 5.91 Å². The van der Waals surface area contributed by atoms with Crippen molar-refractivity contribution in [2.45, 2.75) is 25.0 Å². The lowest BCUT2D eigenvalue weighted by Gasteiger charge is -2.26. The minimum atomic E-state index is 0.120. The lowest BCUT2D eigenvalue weighted by Crippen LogP contribution is -2.36. The number of aryl methyl sites for hydroxylation is 1. The van der Waals surface area contributed by atoms with Gasteiger partial charge in [-0.15, -0.1) is 21.5 Å². The topological polar surface area (TPSA) is 60.3 Å². The summed E-state index contributed by atoms with van der Waals surface area (Å²) in [7, 11) is 1.65. The first-order valence-electron chi connectivity index (χ1n) is 10.8. The molecule has 0 fully saturated rings. The van der Waals surface area contributed by atoms with Crippen LogP contribution in [0.15, 0.2) is 65.1 Å². The van der Waals surface area contributed by atoms with E-state index in [1.54, 1.807) is 18.4 Å². The molecule has 1 aliphatic rings. The third-order valence-electron chi connectivity index (χ3n) is 5.76. The smallest absolute Gasteiger partial charge is 0.233 e. The largest absolute Gasteiger partial charge is 0.496 e. The molecular formula is C25H24N4O2S2. The number of fused-ring (bicyclic) bond motifs is 1. The van der Waals surface area contributed by atoms with Gasteiger partial charge in [0.2, 0.25) is 5.91 Å². The molecular weight excluding hydrogens is 452 g/mol. The van der Waals surface area contributed by atoms with Crippen molar-refractivity contribution < 1.29 is 9.53 Å². The average molecular weight is 477 g/mol. The van der Waals surface area contributed by atoms with Gasteiger partial charge in [-0.25, -0.2) is 0 Å². The number of hydrogen-bond donors (Lipinski definition) is 0. The van der Waals surface area contributed by atoms with E-state index in [4.69, 9.17) is 4.74 Å². The fourth-order valence-corrected chi connectivity index (χ4v) is 5.72. The van der Waals surface area contributed by atoms with E-state index < -0.39 is 0 Å². The second-order valence-electron chi connectivity index (χ2n) is 7.90. The zero-order valence-electron chi connectivity index (χ0n) is 18.5. The van der Waals surface area contributed by atoms with Crippen molar-refractivity contribution in [3.05, 3.63) is 76.0 Å². The van der Waals surface area contributed by atoms with E-state index in [0.717, 1.165) is 30.0 Å². The number of nitrogens with zero attached hydrogens (tertiary/aromatic N) is 4. The highest BCUT2D eigenvalue weighted by atomic mass is 32.2. The molecule has 0 N–H and O–H groups in total. The Morgan fingerprint density at radius 2 is 1.94 bits per heavy atom. The molecule has 0 aliphatic carbocycles. The van der Waals surface area contributed by atoms with Gasteiger partial charge in [0.25, 0.3) is 0 Å². The molecule has 2 aromatic carbocycles. The van der Waals surface area contributed by atoms with Crippen molar-refractivity contribution in [2.24, 2.45) is 0 Å². The van der Waals surface area contributed by atoms with Crippen LogP contribution in [0.5, 0.6) is 5.75 Å². The molecule has 0 atom stereocenters. The first-order chi connectivity index (χ1) is 16.1. The monoisotopic (exact) mass is 476 g/mol. The van der Waals surface area contributed by atoms with Gasteiger partial charge in [-0.3, -0.25) is 9.36 Å². The van der Waals surface area contributed by atoms with Crippen LogP contribution in [0.3, 0.4) is 0 Å². The predicted octanol–water partition coefficient (Wildman–Crippen LogP) is 4.99. The fourth-order valence-electron chi connectivity index (χ4n) is 3.97. The van der Waals surface area contributed by atoms with Crippen LogP contribution in [0, 0.1) is 6.92 Å². The Hall–Kier alpha value is -3.10. The Bertz CT molecular complexity index is 1280. The third kappa shape index (κ3) is 4.41. The van der Waals surface area contributed by atoms with Crippen LogP contribution in [0.25, 0.3) is 17.1 Å². The van der Waals surface area contributed by atoms with E-state index >= 15 is 0 Å². The van der Waals surface area contributed by atoms with E-state index in [2.05, 4.69) is 40.7 Å². The summed E-state index contributed by atoms with van der Waals surface area (Å²) < 4.78 is 7.57. The zero-order valence-corrected chi connectivity index (χ0v) is 20.2. The standard InChI is InChI=1S/C25H24N4O2S2/c1-17-7-9-19(10-8-17)29-24(20-5-3-4-6-21(20)31-2)26-27-25(29)33-16-23(30)28-13-11-22-18(15-28)12-14-32-22/h3-10,12,14H,11,13,15-16H2,1-2H3. The van der Waals surface area contributed by atoms with Crippen LogP contribution in [0.4, 0.5) is 0 Å². The summed E-state index contributed by atoms with van der Waals surface area (Å²) in [5, 5.41) is 11.7. The summed E-state index contributed by atoms with van der Waals surface area (Å²) in [5.41, 5.74) is 4.24. The maximum absolute atomic E-state index is 13.0. The highest BCUT2D eigenvalue weighted by molar-refractivity contribution is 7.99. The summed E-state index contributed by atoms with van der Waals surface area (Å²) in [6, 6.07) is 18.1. The van der Waals surface area contributed by atoms with Crippen molar-refractivity contribution >= 4 is 29.0 Å². The van der Waals surface area contributed by atoms with Crippen molar-refractivity contribution in [3.8, 4) is 22.8 Å². The Morgan fingerprint density at radius 1 is 1.12 bits per heavy atom. The number of rotatable bonds is 6. The van der Waals surface area contributed by atoms with Gasteiger partial charge < -0.3 is 9.64 Å². The molecule has 0 saturated carbocycles. The SMILES string of the molecule is COc1ccccc1-c1nnc(SCC(=O)N2CCc3sccc3C2)n1-c1ccc(C)cc1. The van der Waals surface area contributed by atoms with Crippen LogP contribution in [0.2, 0.25) is 0 Å². The molecule has 168 valence electrons. The molecule has 5 rings (SSSR count). The van der Waals surface area contributed by atoms with Crippen molar-refractivity contribution in [1.82, 2.24) is 19.7 Å². The number of amides is 1. The number of thiophene rings is 1. The molecule has 1 aliphatic heterocycles. The Kier molecular flexibility index (Phi) is 6.20. The number of ether oxygens (including phenoxy) is 1. The number of carbonyl (C=O) groups excluding carboxylic acids is 1. The second kappa shape index (κ2) is 9.41. The molecule has 0 radical (unpaired) electrons. The predicted molar refractivity (Wildman–Crippen MR) is 132 cm³/mol. The quantitative estimate of drug-likeness (QED) is 0.367. The number of thioether (sulfide) groups is 1. The summed E-state index contributed by atoms with van der Waals surface area (Å²) in [6.07, 6.45) is 0.931. The van der Waals surface area contributed by atoms with E-state index in [1.165, 1.54) is 27.8 Å². The average Bonchev–Trinajstić information content (AvgIpc) is 3.49. The minimum Gasteiger partial charge on any atom is -0.496 e. The van der Waals surface area contributed by atoms with Gasteiger partial charge in [0.15, 0.2) is 11.0 Å². The van der Waals surface area contributed by atoms with Gasteiger partial charge in [0.05, 0.1) is 18.4 Å². The van der Waals surface area contributed by atoms with Gasteiger partial charge in [-0.1, -0.05) is 41.6 Å². The maximum Gasteiger partial charge on any atom is 0.233 e. The molecule has 2 aromatic heterocycles. The fraction of sp³-hybridized carbons (Fsp3) is 0.240. The molecule has 33 heavy (non-hydrogen) atoms. The first-order valence-corrected chi connectivity index (χ1v) is 12.6. The van der Waals surface area contributed by atoms with Crippen LogP contribution in [-0.2, 0) is 17.8 Å². The van der Waals surface area contributed by atoms with Crippen molar-refractivity contribution in [2.75, 3.05) is 19.4 Å². The van der Waals surface area contributed by atoms with E-state index in [1.807, 2.05) is 45.9 Å². The lowest BCUT2D eigenvalue weighted by molar-refractivity contribution is -0.129. The molecule has 0 saturated heterocycles. The first kappa shape index (κ1) is 21.7. The lowest BCUT2D eigenvalue weighted by atomic mass is 10.1. The molecule has 6 nitrogen and oxygen atoms in total. The maximum atomic E-state index is 13.0. The van der Waals surface area contributed by atoms with Gasteiger partial charge in [-0.2, -0.15) is 0 Å². The van der Waals surface area contributed by atoms with Gasteiger partial charge in [-0.05, 0) is 54.6 Å². The highest BCUT2D eigenvalue weighted by Gasteiger charge is 2.24. The number of para-hydroxylation sites is 1. The number of methoxy groups -OCH3 is 1. The highest BCUT2D eigenvalue weighted by Crippen LogP contribution is 2.33. The summed E-state index contributed by atoms with van der Waals surface area (Å²) in [4.78, 5) is 16.3. The Balaban J connectivity index is 1.43. The molecule has 1 amide bonds. The third-order valence-corrected chi connectivity index (χ3v) is 7.70. The summed E-state index contributed by atoms with van der Waals surface area (Å²) in [5.74, 6) is 1.85. The molecule has 0 spiro atoms. The van der Waals surface area contributed by atoms with E-state index in [0.29, 0.717) is 23.3 Å². The number of carbonyl (C=O) groups is 1. The number of hydrogen-bond acceptors (Lipinski definition) is 6. The van der Waals surface area contributed by atoms with Crippen LogP contribution < -0.4 is 4.74 Å². The van der Waals surface area contributed by atoms with Crippen molar-refractivity contribution in [1.29, 1.82) is 0 Å². The van der Waals surface area contributed by atoms with Crippen LogP contribution >= 0.6 is 23.1 Å². The Labute approximate surface area is 201 Å². The van der Waals surface area contributed by atoms with Gasteiger partial charge in [0.1, 0.15) is 5.75 Å². The minimum absolute atomic E-state index is 0.120. The summed E-state index contributed by atoms with van der Waals surface area (Å²) >= 11 is 3.20. The summed E-state index contributed by atoms with van der Waals surface area (Å²) in [6.45, 7) is 3.52. The molecule has 8 heteroatoms. The van der Waals surface area contributed by atoms with Gasteiger partial charge in [0, 0.05) is 23.7 Å². The number of aromatic nitrogens is 3. The van der Waals surface area contributed by atoms with E-state index in [9.17, 15) is 4.79 Å². The van der Waals surface area contributed by atoms with Crippen LogP contribution in [0.1, 0.15) is 16.0 Å². The molecule has 3 heterocycles.